The number of benzene rings is 1. The Balaban J connectivity index is 1.77. The van der Waals surface area contributed by atoms with Crippen molar-refractivity contribution in [2.24, 2.45) is 0 Å². The summed E-state index contributed by atoms with van der Waals surface area (Å²) in [4.78, 5) is 25.6. The topological polar surface area (TPSA) is 70.6 Å². The van der Waals surface area contributed by atoms with Crippen LogP contribution in [-0.2, 0) is 10.2 Å². The third-order valence-electron chi connectivity index (χ3n) is 5.42. The minimum atomic E-state index is -0.488. The summed E-state index contributed by atoms with van der Waals surface area (Å²) in [7, 11) is 0. The highest BCUT2D eigenvalue weighted by Gasteiger charge is 2.27. The molecule has 7 nitrogen and oxygen atoms in total. The van der Waals surface area contributed by atoms with Crippen molar-refractivity contribution in [1.29, 1.82) is 0 Å². The van der Waals surface area contributed by atoms with Crippen LogP contribution in [0.3, 0.4) is 0 Å². The van der Waals surface area contributed by atoms with E-state index < -0.39 is 5.60 Å². The van der Waals surface area contributed by atoms with E-state index in [2.05, 4.69) is 68.0 Å². The molecule has 0 atom stereocenters. The Bertz CT molecular complexity index is 967. The average molecular weight is 454 g/mol. The summed E-state index contributed by atoms with van der Waals surface area (Å²) in [5.74, 6) is 0.693. The molecule has 1 amide bonds. The van der Waals surface area contributed by atoms with Crippen LogP contribution in [0.15, 0.2) is 30.5 Å². The molecule has 1 N–H and O–H groups in total. The number of nitrogens with zero attached hydrogens (tertiary/aromatic N) is 4. The van der Waals surface area contributed by atoms with Gasteiger partial charge in [-0.3, -0.25) is 0 Å². The van der Waals surface area contributed by atoms with E-state index in [1.54, 1.807) is 4.90 Å². The van der Waals surface area contributed by atoms with E-state index in [1.165, 1.54) is 5.56 Å². The number of hydrogen-bond donors (Lipinski definition) is 1. The average Bonchev–Trinajstić information content (AvgIpc) is 2.72. The quantitative estimate of drug-likeness (QED) is 0.676. The van der Waals surface area contributed by atoms with Crippen molar-refractivity contribution in [1.82, 2.24) is 14.9 Å². The fraction of sp³-hybridized carbons (Fsp3) is 0.577. The summed E-state index contributed by atoms with van der Waals surface area (Å²) in [6.45, 7) is 19.2. The molecule has 0 unspecified atom stereocenters. The summed E-state index contributed by atoms with van der Waals surface area (Å²) in [6, 6.07) is 8.82. The molecular weight excluding hydrogens is 414 g/mol. The monoisotopic (exact) mass is 453 g/mol. The van der Waals surface area contributed by atoms with Crippen molar-refractivity contribution in [3.8, 4) is 11.3 Å². The zero-order valence-corrected chi connectivity index (χ0v) is 21.4. The van der Waals surface area contributed by atoms with Gasteiger partial charge in [-0.05, 0) is 63.8 Å². The van der Waals surface area contributed by atoms with Crippen LogP contribution in [0, 0.1) is 0 Å². The Morgan fingerprint density at radius 1 is 1.03 bits per heavy atom. The number of aromatic nitrogens is 2. The highest BCUT2D eigenvalue weighted by atomic mass is 16.6. The number of carbonyl (C=O) groups excluding carboxylic acids is 1. The second kappa shape index (κ2) is 9.57. The highest BCUT2D eigenvalue weighted by Crippen LogP contribution is 2.34. The van der Waals surface area contributed by atoms with E-state index >= 15 is 0 Å². The Morgan fingerprint density at radius 2 is 1.70 bits per heavy atom. The van der Waals surface area contributed by atoms with E-state index in [9.17, 15) is 4.79 Å². The summed E-state index contributed by atoms with van der Waals surface area (Å²) in [6.07, 6.45) is 1.55. The van der Waals surface area contributed by atoms with Gasteiger partial charge in [-0.1, -0.05) is 26.8 Å². The lowest BCUT2D eigenvalue weighted by Crippen LogP contribution is -2.50. The van der Waals surface area contributed by atoms with Crippen molar-refractivity contribution < 1.29 is 9.53 Å². The second-order valence-electron chi connectivity index (χ2n) is 11.0. The molecule has 1 saturated heterocycles. The first-order valence-corrected chi connectivity index (χ1v) is 11.8. The maximum absolute atomic E-state index is 12.4. The van der Waals surface area contributed by atoms with Crippen LogP contribution in [0.5, 0.6) is 0 Å². The Kier molecular flexibility index (Phi) is 7.20. The highest BCUT2D eigenvalue weighted by molar-refractivity contribution is 5.69. The van der Waals surface area contributed by atoms with Crippen LogP contribution in [0.4, 0.5) is 16.4 Å². The number of rotatable bonds is 4. The molecule has 2 heterocycles. The van der Waals surface area contributed by atoms with Crippen molar-refractivity contribution in [2.45, 2.75) is 72.4 Å². The van der Waals surface area contributed by atoms with Gasteiger partial charge >= 0.3 is 6.09 Å². The van der Waals surface area contributed by atoms with Crippen molar-refractivity contribution >= 4 is 17.7 Å². The maximum Gasteiger partial charge on any atom is 0.410 e. The Labute approximate surface area is 198 Å². The van der Waals surface area contributed by atoms with Crippen LogP contribution in [0.1, 0.15) is 61.0 Å². The van der Waals surface area contributed by atoms with Gasteiger partial charge in [-0.25, -0.2) is 14.8 Å². The molecule has 1 aromatic carbocycles. The predicted octanol–water partition coefficient (Wildman–Crippen LogP) is 5.32. The first-order chi connectivity index (χ1) is 15.3. The maximum atomic E-state index is 12.4. The van der Waals surface area contributed by atoms with E-state index in [4.69, 9.17) is 9.72 Å². The number of nitrogens with one attached hydrogen (secondary N) is 1. The van der Waals surface area contributed by atoms with Crippen LogP contribution in [0.25, 0.3) is 11.3 Å². The van der Waals surface area contributed by atoms with E-state index in [0.717, 1.165) is 16.9 Å². The van der Waals surface area contributed by atoms with Gasteiger partial charge in [0.15, 0.2) is 0 Å². The first-order valence-electron chi connectivity index (χ1n) is 11.8. The fourth-order valence-corrected chi connectivity index (χ4v) is 3.84. The molecule has 0 saturated carbocycles. The van der Waals surface area contributed by atoms with E-state index in [0.29, 0.717) is 38.2 Å². The first kappa shape index (κ1) is 24.8. The van der Waals surface area contributed by atoms with Gasteiger partial charge in [-0.15, -0.1) is 0 Å². The molecule has 0 aliphatic carbocycles. The normalized spacial score (nSPS) is 15.1. The third-order valence-corrected chi connectivity index (χ3v) is 5.42. The van der Waals surface area contributed by atoms with Crippen LogP contribution in [-0.4, -0.2) is 58.8 Å². The van der Waals surface area contributed by atoms with Gasteiger partial charge in [-0.2, -0.15) is 0 Å². The predicted molar refractivity (Wildman–Crippen MR) is 135 cm³/mol. The number of hydrogen-bond acceptors (Lipinski definition) is 6. The van der Waals surface area contributed by atoms with Gasteiger partial charge in [0.25, 0.3) is 0 Å². The SMILES string of the molecule is CC(C)Nc1ccc(-c2ccnc(N3CCN(C(=O)OC(C)(C)C)CC3)n2)cc1C(C)(C)C. The molecule has 1 aliphatic heterocycles. The Hall–Kier alpha value is -2.83. The molecule has 33 heavy (non-hydrogen) atoms. The molecule has 1 aliphatic rings. The molecule has 0 radical (unpaired) electrons. The number of carbonyl (C=O) groups is 1. The minimum Gasteiger partial charge on any atom is -0.444 e. The summed E-state index contributed by atoms with van der Waals surface area (Å²) < 4.78 is 5.50. The zero-order valence-electron chi connectivity index (χ0n) is 21.4. The fourth-order valence-electron chi connectivity index (χ4n) is 3.84. The number of piperazine rings is 1. The molecule has 1 fully saturated rings. The molecule has 0 spiro atoms. The summed E-state index contributed by atoms with van der Waals surface area (Å²) in [5.41, 5.74) is 3.91. The molecule has 1 aromatic heterocycles. The smallest absolute Gasteiger partial charge is 0.410 e. The number of anilines is 2. The zero-order chi connectivity index (χ0) is 24.4. The van der Waals surface area contributed by atoms with Gasteiger partial charge in [0.05, 0.1) is 5.69 Å². The van der Waals surface area contributed by atoms with Crippen LogP contribution >= 0.6 is 0 Å². The van der Waals surface area contributed by atoms with Crippen molar-refractivity contribution in [3.05, 3.63) is 36.0 Å². The van der Waals surface area contributed by atoms with Gasteiger partial charge in [0, 0.05) is 49.7 Å². The molecule has 7 heteroatoms. The lowest BCUT2D eigenvalue weighted by atomic mass is 9.84. The standard InChI is InChI=1S/C26H39N5O2/c1-18(2)28-22-10-9-19(17-20(22)25(3,4)5)21-11-12-27-23(29-21)30-13-15-31(16-14-30)24(32)33-26(6,7)8/h9-12,17-18,28H,13-16H2,1-8H3. The number of ether oxygens (including phenoxy) is 1. The molecule has 3 rings (SSSR count). The molecule has 0 bridgehead atoms. The second-order valence-corrected chi connectivity index (χ2v) is 11.0. The van der Waals surface area contributed by atoms with Gasteiger partial charge in [0.1, 0.15) is 5.60 Å². The van der Waals surface area contributed by atoms with E-state index in [1.807, 2.05) is 33.0 Å². The third kappa shape index (κ3) is 6.59. The minimum absolute atomic E-state index is 0.00108. The Morgan fingerprint density at radius 3 is 2.27 bits per heavy atom. The van der Waals surface area contributed by atoms with Crippen LogP contribution < -0.4 is 10.2 Å². The summed E-state index contributed by atoms with van der Waals surface area (Å²) >= 11 is 0. The summed E-state index contributed by atoms with van der Waals surface area (Å²) in [5, 5.41) is 3.57. The largest absolute Gasteiger partial charge is 0.444 e. The molecular formula is C26H39N5O2. The van der Waals surface area contributed by atoms with Crippen molar-refractivity contribution in [3.63, 3.8) is 0 Å². The number of amides is 1. The molecule has 2 aromatic rings. The van der Waals surface area contributed by atoms with E-state index in [-0.39, 0.29) is 11.5 Å². The lowest BCUT2D eigenvalue weighted by Gasteiger charge is -2.35. The van der Waals surface area contributed by atoms with Gasteiger partial charge in [0.2, 0.25) is 5.95 Å². The van der Waals surface area contributed by atoms with Crippen molar-refractivity contribution in [2.75, 3.05) is 36.4 Å². The molecule has 180 valence electrons. The van der Waals surface area contributed by atoms with Crippen LogP contribution in [0.2, 0.25) is 0 Å². The van der Waals surface area contributed by atoms with Gasteiger partial charge < -0.3 is 19.9 Å². The lowest BCUT2D eigenvalue weighted by molar-refractivity contribution is 0.0240.